The molecule has 0 unspecified atom stereocenters. The van der Waals surface area contributed by atoms with Crippen LogP contribution in [0.2, 0.25) is 0 Å². The van der Waals surface area contributed by atoms with Gasteiger partial charge in [0.2, 0.25) is 0 Å². The van der Waals surface area contributed by atoms with Crippen molar-refractivity contribution in [3.63, 3.8) is 0 Å². The van der Waals surface area contributed by atoms with E-state index in [4.69, 9.17) is 0 Å². The number of hydrogen-bond donors (Lipinski definition) is 0. The molecule has 3 heteroatoms. The standard InChI is InChI=1S/2C21H23.C3H6.2ClH.Ti/c2*1-4-6-16-13-19-7-5-8-20(21(19)14-16)18-11-9-17(10-12-18)15(2)3;1-3-2;;;/h2*5,7-15H,4,6H2,1-3H3;1-3H2;2*1H;/q2*-1;-2;;;+2/p-2. The van der Waals surface area contributed by atoms with Crippen molar-refractivity contribution in [3.05, 3.63) is 145 Å². The topological polar surface area (TPSA) is 0 Å². The zero-order chi connectivity index (χ0) is 32.3. The van der Waals surface area contributed by atoms with Gasteiger partial charge in [0.25, 0.3) is 0 Å². The summed E-state index contributed by atoms with van der Waals surface area (Å²) >= 11 is 0. The molecule has 0 fully saturated rings. The van der Waals surface area contributed by atoms with Gasteiger partial charge in [-0.25, -0.2) is 0 Å². The summed E-state index contributed by atoms with van der Waals surface area (Å²) in [6.45, 7) is 20.2. The fourth-order valence-corrected chi connectivity index (χ4v) is 6.06. The van der Waals surface area contributed by atoms with E-state index in [1.807, 2.05) is 0 Å². The predicted octanol–water partition coefficient (Wildman–Crippen LogP) is 7.65. The number of benzene rings is 4. The number of aryl methyl sites for hydroxylation is 2. The fraction of sp³-hybridized carbons (Fsp3) is 0.289. The first-order valence-electron chi connectivity index (χ1n) is 16.9. The van der Waals surface area contributed by atoms with Crippen LogP contribution in [-0.2, 0) is 34.6 Å². The van der Waals surface area contributed by atoms with Gasteiger partial charge in [0.05, 0.1) is 0 Å². The molecule has 0 bridgehead atoms. The second-order valence-corrected chi connectivity index (χ2v) is 12.8. The molecule has 0 heterocycles. The maximum absolute atomic E-state index is 3.38. The van der Waals surface area contributed by atoms with Crippen LogP contribution in [0.1, 0.15) is 94.9 Å². The second-order valence-electron chi connectivity index (χ2n) is 12.8. The number of halogens is 2. The van der Waals surface area contributed by atoms with Gasteiger partial charge in [-0.15, -0.1) is 69.1 Å². The largest absolute Gasteiger partial charge is 2.00 e. The second kappa shape index (κ2) is 21.5. The van der Waals surface area contributed by atoms with Gasteiger partial charge in [0.1, 0.15) is 0 Å². The Morgan fingerprint density at radius 1 is 0.542 bits per heavy atom. The summed E-state index contributed by atoms with van der Waals surface area (Å²) in [5, 5.41) is 5.50. The predicted molar refractivity (Wildman–Crippen MR) is 201 cm³/mol. The molecule has 0 aliphatic rings. The molecule has 0 saturated carbocycles. The molecule has 0 radical (unpaired) electrons. The van der Waals surface area contributed by atoms with E-state index in [-0.39, 0.29) is 46.5 Å². The Kier molecular flexibility index (Phi) is 19.4. The molecule has 6 aromatic rings. The SMILES string of the molecule is CCCc1cc2c(-c3ccc(C(C)C)cc3)cccc2[cH-]1.CCCc1cc2c(-c3ccc(C(C)C)cc3)cccc2[cH-]1.[CH2-]C[CH2-].[Cl-].[Cl-].[Ti+2]. The Hall–Kier alpha value is -2.61. The number of fused-ring (bicyclic) bond motifs is 2. The van der Waals surface area contributed by atoms with E-state index in [1.165, 1.54) is 91.7 Å². The minimum absolute atomic E-state index is 0. The molecule has 254 valence electrons. The first-order chi connectivity index (χ1) is 21.8. The van der Waals surface area contributed by atoms with Crippen molar-refractivity contribution in [1.29, 1.82) is 0 Å². The minimum Gasteiger partial charge on any atom is -1.00 e. The van der Waals surface area contributed by atoms with Crippen LogP contribution >= 0.6 is 0 Å². The third-order valence-corrected chi connectivity index (χ3v) is 8.48. The van der Waals surface area contributed by atoms with Gasteiger partial charge in [-0.2, -0.15) is 12.1 Å². The summed E-state index contributed by atoms with van der Waals surface area (Å²) in [6, 6.07) is 40.7. The molecule has 48 heavy (non-hydrogen) atoms. The van der Waals surface area contributed by atoms with Crippen LogP contribution in [0.3, 0.4) is 0 Å². The van der Waals surface area contributed by atoms with Gasteiger partial charge in [0, 0.05) is 0 Å². The van der Waals surface area contributed by atoms with Crippen molar-refractivity contribution in [2.75, 3.05) is 0 Å². The third-order valence-electron chi connectivity index (χ3n) is 8.48. The Morgan fingerprint density at radius 2 is 0.875 bits per heavy atom. The van der Waals surface area contributed by atoms with E-state index in [9.17, 15) is 0 Å². The van der Waals surface area contributed by atoms with E-state index in [0.29, 0.717) is 11.8 Å². The minimum atomic E-state index is 0. The van der Waals surface area contributed by atoms with E-state index >= 15 is 0 Å². The van der Waals surface area contributed by atoms with E-state index in [1.54, 1.807) is 0 Å². The molecule has 0 saturated heterocycles. The first-order valence-corrected chi connectivity index (χ1v) is 16.9. The monoisotopic (exact) mass is 710 g/mol. The van der Waals surface area contributed by atoms with Crippen molar-refractivity contribution in [3.8, 4) is 22.3 Å². The average Bonchev–Trinajstić information content (AvgIpc) is 3.65. The zero-order valence-electron chi connectivity index (χ0n) is 29.8. The Labute approximate surface area is 319 Å². The third kappa shape index (κ3) is 11.2. The number of hydrogen-bond acceptors (Lipinski definition) is 0. The normalized spacial score (nSPS) is 10.4. The zero-order valence-corrected chi connectivity index (χ0v) is 32.8. The fourth-order valence-electron chi connectivity index (χ4n) is 6.06. The molecule has 0 atom stereocenters. The van der Waals surface area contributed by atoms with Crippen LogP contribution < -0.4 is 24.8 Å². The molecular formula is C45H52Cl2Ti-4. The smallest absolute Gasteiger partial charge is 1.00 e. The van der Waals surface area contributed by atoms with Crippen molar-refractivity contribution >= 4 is 21.5 Å². The average molecular weight is 712 g/mol. The number of rotatable bonds is 8. The van der Waals surface area contributed by atoms with Crippen LogP contribution in [0.4, 0.5) is 0 Å². The van der Waals surface area contributed by atoms with E-state index in [2.05, 4.69) is 165 Å². The van der Waals surface area contributed by atoms with Crippen LogP contribution in [0.25, 0.3) is 43.8 Å². The summed E-state index contributed by atoms with van der Waals surface area (Å²) in [5.74, 6) is 1.18. The molecule has 0 aliphatic heterocycles. The van der Waals surface area contributed by atoms with Crippen LogP contribution in [0, 0.1) is 13.8 Å². The molecule has 0 aliphatic carbocycles. The quantitative estimate of drug-likeness (QED) is 0.113. The Bertz CT molecular complexity index is 1620. The van der Waals surface area contributed by atoms with Gasteiger partial charge < -0.3 is 45.1 Å². The summed E-state index contributed by atoms with van der Waals surface area (Å²) in [7, 11) is 0. The van der Waals surface area contributed by atoms with E-state index in [0.717, 1.165) is 6.42 Å². The summed E-state index contributed by atoms with van der Waals surface area (Å²) in [4.78, 5) is 0. The summed E-state index contributed by atoms with van der Waals surface area (Å²) in [6.07, 6.45) is 5.49. The molecule has 0 nitrogen and oxygen atoms in total. The summed E-state index contributed by atoms with van der Waals surface area (Å²) < 4.78 is 0. The Balaban J connectivity index is 0.000000420. The van der Waals surface area contributed by atoms with Crippen molar-refractivity contribution in [2.45, 2.75) is 85.5 Å². The van der Waals surface area contributed by atoms with Crippen molar-refractivity contribution in [1.82, 2.24) is 0 Å². The van der Waals surface area contributed by atoms with Crippen LogP contribution in [-0.4, -0.2) is 0 Å². The van der Waals surface area contributed by atoms with Gasteiger partial charge in [-0.1, -0.05) is 126 Å². The molecule has 6 aromatic carbocycles. The van der Waals surface area contributed by atoms with Gasteiger partial charge in [-0.3, -0.25) is 0 Å². The molecule has 6 rings (SSSR count). The molecule has 0 N–H and O–H groups in total. The maximum Gasteiger partial charge on any atom is 2.00 e. The first kappa shape index (κ1) is 43.4. The molecule has 0 amide bonds. The molecule has 0 aromatic heterocycles. The van der Waals surface area contributed by atoms with Crippen LogP contribution in [0.5, 0.6) is 0 Å². The van der Waals surface area contributed by atoms with E-state index < -0.39 is 0 Å². The maximum atomic E-state index is 3.38. The van der Waals surface area contributed by atoms with Crippen molar-refractivity contribution < 1.29 is 46.5 Å². The Morgan fingerprint density at radius 3 is 1.17 bits per heavy atom. The van der Waals surface area contributed by atoms with Gasteiger partial charge in [-0.05, 0) is 46.9 Å². The van der Waals surface area contributed by atoms with Gasteiger partial charge in [0.15, 0.2) is 0 Å². The molecular weight excluding hydrogens is 659 g/mol. The van der Waals surface area contributed by atoms with Crippen LogP contribution in [0.15, 0.2) is 109 Å². The summed E-state index contributed by atoms with van der Waals surface area (Å²) in [5.41, 5.74) is 11.1. The molecule has 0 spiro atoms. The van der Waals surface area contributed by atoms with Crippen molar-refractivity contribution in [2.24, 2.45) is 0 Å². The van der Waals surface area contributed by atoms with Gasteiger partial charge >= 0.3 is 21.7 Å².